The molecule has 0 aromatic carbocycles. The average Bonchev–Trinajstić information content (AvgIpc) is 3.37. The number of carboxylic acid groups (broad SMARTS) is 2. The SMILES string of the molecule is CN(C)CCN1CCC2(CCN(Cc3ccoc3)CC2)C1=O.O=C(O)C(F)(F)F.O=C(O)C(F)(F)F. The van der Waals surface area contributed by atoms with E-state index >= 15 is 0 Å². The molecule has 0 radical (unpaired) electrons. The molecule has 3 rings (SSSR count). The largest absolute Gasteiger partial charge is 0.490 e. The summed E-state index contributed by atoms with van der Waals surface area (Å²) in [4.78, 5) is 37.2. The summed E-state index contributed by atoms with van der Waals surface area (Å²) in [5.41, 5.74) is 1.15. The van der Waals surface area contributed by atoms with Crippen molar-refractivity contribution in [3.8, 4) is 0 Å². The maximum absolute atomic E-state index is 12.8. The van der Waals surface area contributed by atoms with Gasteiger partial charge in [-0.05, 0) is 52.5 Å². The molecule has 2 aliphatic heterocycles. The fourth-order valence-electron chi connectivity index (χ4n) is 3.67. The van der Waals surface area contributed by atoms with E-state index in [2.05, 4.69) is 28.8 Å². The van der Waals surface area contributed by atoms with Crippen molar-refractivity contribution in [3.05, 3.63) is 24.2 Å². The van der Waals surface area contributed by atoms with Gasteiger partial charge in [-0.1, -0.05) is 0 Å². The molecule has 206 valence electrons. The van der Waals surface area contributed by atoms with Crippen molar-refractivity contribution in [3.63, 3.8) is 0 Å². The van der Waals surface area contributed by atoms with Crippen molar-refractivity contribution in [2.75, 3.05) is 46.8 Å². The topological polar surface area (TPSA) is 115 Å². The molecule has 0 saturated carbocycles. The van der Waals surface area contributed by atoms with Gasteiger partial charge in [0.1, 0.15) is 0 Å². The zero-order valence-electron chi connectivity index (χ0n) is 19.7. The second-order valence-corrected chi connectivity index (χ2v) is 8.64. The van der Waals surface area contributed by atoms with E-state index in [0.717, 1.165) is 58.5 Å². The van der Waals surface area contributed by atoms with Gasteiger partial charge in [0.15, 0.2) is 0 Å². The van der Waals surface area contributed by atoms with Gasteiger partial charge in [0.2, 0.25) is 5.91 Å². The Bertz CT molecular complexity index is 825. The Morgan fingerprint density at radius 1 is 1.00 bits per heavy atom. The van der Waals surface area contributed by atoms with Crippen molar-refractivity contribution in [2.45, 2.75) is 38.2 Å². The number of amides is 1. The fourth-order valence-corrected chi connectivity index (χ4v) is 3.67. The molecule has 15 heteroatoms. The van der Waals surface area contributed by atoms with Crippen molar-refractivity contribution >= 4 is 17.8 Å². The third-order valence-electron chi connectivity index (χ3n) is 5.70. The number of aliphatic carboxylic acids is 2. The molecule has 2 saturated heterocycles. The molecule has 2 fully saturated rings. The molecule has 0 atom stereocenters. The normalized spacial score (nSPS) is 17.9. The second-order valence-electron chi connectivity index (χ2n) is 8.64. The molecule has 1 amide bonds. The first-order chi connectivity index (χ1) is 16.5. The molecule has 2 N–H and O–H groups in total. The Morgan fingerprint density at radius 3 is 1.86 bits per heavy atom. The van der Waals surface area contributed by atoms with Gasteiger partial charge in [0, 0.05) is 31.7 Å². The van der Waals surface area contributed by atoms with Crippen molar-refractivity contribution in [1.29, 1.82) is 0 Å². The van der Waals surface area contributed by atoms with Gasteiger partial charge in [-0.15, -0.1) is 0 Å². The zero-order valence-corrected chi connectivity index (χ0v) is 19.7. The van der Waals surface area contributed by atoms with Crippen molar-refractivity contribution < 1.29 is 55.4 Å². The first-order valence-corrected chi connectivity index (χ1v) is 10.8. The van der Waals surface area contributed by atoms with Gasteiger partial charge >= 0.3 is 24.3 Å². The molecule has 0 aliphatic carbocycles. The smallest absolute Gasteiger partial charge is 0.475 e. The summed E-state index contributed by atoms with van der Waals surface area (Å²) in [7, 11) is 4.12. The first kappa shape index (κ1) is 31.2. The second kappa shape index (κ2) is 12.9. The van der Waals surface area contributed by atoms with Crippen LogP contribution in [0.1, 0.15) is 24.8 Å². The molecule has 1 aromatic heterocycles. The number of hydrogen-bond donors (Lipinski definition) is 2. The van der Waals surface area contributed by atoms with Crippen LogP contribution in [0.3, 0.4) is 0 Å². The summed E-state index contributed by atoms with van der Waals surface area (Å²) in [6.45, 7) is 5.72. The van der Waals surface area contributed by atoms with Crippen LogP contribution in [0.2, 0.25) is 0 Å². The number of carbonyl (C=O) groups excluding carboxylic acids is 1. The lowest BCUT2D eigenvalue weighted by Gasteiger charge is -2.37. The van der Waals surface area contributed by atoms with E-state index in [0.29, 0.717) is 5.91 Å². The Morgan fingerprint density at radius 2 is 1.47 bits per heavy atom. The Labute approximate surface area is 203 Å². The fraction of sp³-hybridized carbons (Fsp3) is 0.667. The number of likely N-dealkylation sites (tertiary alicyclic amines) is 2. The van der Waals surface area contributed by atoms with Crippen LogP contribution < -0.4 is 0 Å². The molecule has 1 aromatic rings. The summed E-state index contributed by atoms with van der Waals surface area (Å²) < 4.78 is 68.6. The number of furan rings is 1. The monoisotopic (exact) mass is 533 g/mol. The van der Waals surface area contributed by atoms with Gasteiger partial charge in [0.25, 0.3) is 0 Å². The molecule has 0 bridgehead atoms. The molecule has 36 heavy (non-hydrogen) atoms. The third kappa shape index (κ3) is 10.0. The Balaban J connectivity index is 0.000000383. The summed E-state index contributed by atoms with van der Waals surface area (Å²) in [5, 5.41) is 14.2. The standard InChI is InChI=1S/C17H27N3O2.2C2HF3O2/c1-18(2)10-11-20-9-6-17(16(20)21)4-7-19(8-5-17)13-15-3-12-22-14-15;2*3-2(4,5)1(6)7/h3,12,14H,4-11,13H2,1-2H3;2*(H,6,7). The minimum absolute atomic E-state index is 0.0702. The van der Waals surface area contributed by atoms with Gasteiger partial charge in [-0.3, -0.25) is 9.69 Å². The molecular formula is C21H29F6N3O6. The van der Waals surface area contributed by atoms with Crippen LogP contribution in [0, 0.1) is 5.41 Å². The lowest BCUT2D eigenvalue weighted by molar-refractivity contribution is -0.193. The Hall–Kier alpha value is -2.81. The number of nitrogens with zero attached hydrogens (tertiary/aromatic N) is 3. The van der Waals surface area contributed by atoms with E-state index in [1.165, 1.54) is 5.56 Å². The zero-order chi connectivity index (χ0) is 27.7. The van der Waals surface area contributed by atoms with E-state index in [4.69, 9.17) is 24.2 Å². The van der Waals surface area contributed by atoms with Crippen LogP contribution >= 0.6 is 0 Å². The highest BCUT2D eigenvalue weighted by atomic mass is 19.4. The maximum atomic E-state index is 12.8. The summed E-state index contributed by atoms with van der Waals surface area (Å²) in [6.07, 6.45) is -3.58. The third-order valence-corrected chi connectivity index (χ3v) is 5.70. The number of rotatable bonds is 5. The number of hydrogen-bond acceptors (Lipinski definition) is 6. The predicted molar refractivity (Wildman–Crippen MR) is 113 cm³/mol. The number of likely N-dealkylation sites (N-methyl/N-ethyl adjacent to an activating group) is 1. The molecule has 0 unspecified atom stereocenters. The van der Waals surface area contributed by atoms with Crippen LogP contribution in [-0.4, -0.2) is 102 Å². The highest BCUT2D eigenvalue weighted by Gasteiger charge is 2.47. The molecular weight excluding hydrogens is 504 g/mol. The van der Waals surface area contributed by atoms with Gasteiger partial charge < -0.3 is 24.4 Å². The molecule has 9 nitrogen and oxygen atoms in total. The summed E-state index contributed by atoms with van der Waals surface area (Å²) in [5.74, 6) is -5.11. The number of carbonyl (C=O) groups is 3. The molecule has 1 spiro atoms. The van der Waals surface area contributed by atoms with E-state index in [1.807, 2.05) is 12.3 Å². The van der Waals surface area contributed by atoms with Crippen LogP contribution in [0.25, 0.3) is 0 Å². The Kier molecular flexibility index (Phi) is 11.2. The summed E-state index contributed by atoms with van der Waals surface area (Å²) in [6, 6.07) is 2.02. The number of piperidine rings is 1. The van der Waals surface area contributed by atoms with E-state index in [1.54, 1.807) is 6.26 Å². The first-order valence-electron chi connectivity index (χ1n) is 10.8. The quantitative estimate of drug-likeness (QED) is 0.556. The molecule has 2 aliphatic rings. The van der Waals surface area contributed by atoms with Gasteiger partial charge in [-0.2, -0.15) is 26.3 Å². The number of alkyl halides is 6. The van der Waals surface area contributed by atoms with E-state index < -0.39 is 24.3 Å². The van der Waals surface area contributed by atoms with Gasteiger partial charge in [0.05, 0.1) is 17.9 Å². The van der Waals surface area contributed by atoms with Crippen LogP contribution in [0.5, 0.6) is 0 Å². The lowest BCUT2D eigenvalue weighted by Crippen LogP contribution is -2.45. The van der Waals surface area contributed by atoms with Crippen LogP contribution in [0.4, 0.5) is 26.3 Å². The highest BCUT2D eigenvalue weighted by Crippen LogP contribution is 2.41. The maximum Gasteiger partial charge on any atom is 0.490 e. The summed E-state index contributed by atoms with van der Waals surface area (Å²) >= 11 is 0. The minimum Gasteiger partial charge on any atom is -0.475 e. The number of carboxylic acids is 2. The van der Waals surface area contributed by atoms with Gasteiger partial charge in [-0.25, -0.2) is 9.59 Å². The van der Waals surface area contributed by atoms with Crippen LogP contribution in [0.15, 0.2) is 23.0 Å². The van der Waals surface area contributed by atoms with Crippen LogP contribution in [-0.2, 0) is 20.9 Å². The van der Waals surface area contributed by atoms with E-state index in [9.17, 15) is 31.1 Å². The lowest BCUT2D eigenvalue weighted by atomic mass is 9.77. The average molecular weight is 533 g/mol. The predicted octanol–water partition coefficient (Wildman–Crippen LogP) is 2.92. The number of halogens is 6. The van der Waals surface area contributed by atoms with Crippen molar-refractivity contribution in [2.24, 2.45) is 5.41 Å². The van der Waals surface area contributed by atoms with Crippen molar-refractivity contribution in [1.82, 2.24) is 14.7 Å². The minimum atomic E-state index is -5.08. The highest BCUT2D eigenvalue weighted by molar-refractivity contribution is 5.85. The van der Waals surface area contributed by atoms with E-state index in [-0.39, 0.29) is 5.41 Å². The molecule has 3 heterocycles.